The standard InChI is InChI=1S/C11H14FN3O3/c12-9-7-8(15(16)17)4-5-10(9)18-6-2-1-3-11(13)14/h4-5,7H,1-3,6H2,(H3,13,14). The number of unbranched alkanes of at least 4 members (excludes halogenated alkanes) is 1. The van der Waals surface area contributed by atoms with Gasteiger partial charge in [-0.05, 0) is 18.9 Å². The molecule has 0 radical (unpaired) electrons. The minimum atomic E-state index is -0.754. The highest BCUT2D eigenvalue weighted by molar-refractivity contribution is 5.76. The Balaban J connectivity index is 2.43. The molecular weight excluding hydrogens is 241 g/mol. The van der Waals surface area contributed by atoms with Gasteiger partial charge in [0.2, 0.25) is 0 Å². The Morgan fingerprint density at radius 2 is 2.22 bits per heavy atom. The van der Waals surface area contributed by atoms with Gasteiger partial charge in [-0.1, -0.05) is 0 Å². The second kappa shape index (κ2) is 6.53. The van der Waals surface area contributed by atoms with Crippen LogP contribution < -0.4 is 10.5 Å². The lowest BCUT2D eigenvalue weighted by Gasteiger charge is -2.06. The lowest BCUT2D eigenvalue weighted by Crippen LogP contribution is -2.09. The van der Waals surface area contributed by atoms with Gasteiger partial charge >= 0.3 is 0 Å². The van der Waals surface area contributed by atoms with Crippen molar-refractivity contribution in [3.05, 3.63) is 34.1 Å². The quantitative estimate of drug-likeness (QED) is 0.256. The molecule has 18 heavy (non-hydrogen) atoms. The maximum atomic E-state index is 13.4. The molecule has 3 N–H and O–H groups in total. The Kier molecular flexibility index (Phi) is 5.04. The van der Waals surface area contributed by atoms with Gasteiger partial charge in [0.15, 0.2) is 11.6 Å². The Morgan fingerprint density at radius 3 is 2.78 bits per heavy atom. The summed E-state index contributed by atoms with van der Waals surface area (Å²) in [5.41, 5.74) is 4.86. The van der Waals surface area contributed by atoms with Crippen LogP contribution in [0.3, 0.4) is 0 Å². The maximum absolute atomic E-state index is 13.4. The molecule has 1 rings (SSSR count). The van der Waals surface area contributed by atoms with Gasteiger partial charge in [0.05, 0.1) is 23.4 Å². The molecule has 0 fully saturated rings. The first kappa shape index (κ1) is 13.9. The molecule has 0 spiro atoms. The van der Waals surface area contributed by atoms with E-state index in [2.05, 4.69) is 0 Å². The summed E-state index contributed by atoms with van der Waals surface area (Å²) in [7, 11) is 0. The van der Waals surface area contributed by atoms with Gasteiger partial charge in [-0.25, -0.2) is 4.39 Å². The SMILES string of the molecule is N=C(N)CCCCOc1ccc([N+](=O)[O-])cc1F. The smallest absolute Gasteiger partial charge is 0.272 e. The van der Waals surface area contributed by atoms with Gasteiger partial charge < -0.3 is 10.5 Å². The first-order chi connectivity index (χ1) is 8.50. The van der Waals surface area contributed by atoms with Crippen LogP contribution in [-0.4, -0.2) is 17.4 Å². The highest BCUT2D eigenvalue weighted by atomic mass is 19.1. The first-order valence-corrected chi connectivity index (χ1v) is 5.40. The third kappa shape index (κ3) is 4.36. The third-order valence-corrected chi connectivity index (χ3v) is 2.22. The lowest BCUT2D eigenvalue weighted by molar-refractivity contribution is -0.385. The number of nitro benzene ring substituents is 1. The van der Waals surface area contributed by atoms with E-state index in [1.165, 1.54) is 12.1 Å². The Morgan fingerprint density at radius 1 is 1.50 bits per heavy atom. The van der Waals surface area contributed by atoms with E-state index in [0.717, 1.165) is 6.07 Å². The fourth-order valence-corrected chi connectivity index (χ4v) is 1.32. The summed E-state index contributed by atoms with van der Waals surface area (Å²) in [6, 6.07) is 3.25. The number of nitrogens with zero attached hydrogens (tertiary/aromatic N) is 1. The summed E-state index contributed by atoms with van der Waals surface area (Å²) >= 11 is 0. The molecule has 0 unspecified atom stereocenters. The minimum absolute atomic E-state index is 0.0107. The van der Waals surface area contributed by atoms with Crippen molar-refractivity contribution >= 4 is 11.5 Å². The molecule has 98 valence electrons. The van der Waals surface area contributed by atoms with Crippen molar-refractivity contribution in [2.24, 2.45) is 5.73 Å². The van der Waals surface area contributed by atoms with E-state index in [1.807, 2.05) is 0 Å². The van der Waals surface area contributed by atoms with Crippen LogP contribution in [0, 0.1) is 21.3 Å². The number of ether oxygens (including phenoxy) is 1. The highest BCUT2D eigenvalue weighted by Gasteiger charge is 2.11. The Bertz CT molecular complexity index is 451. The molecule has 7 heteroatoms. The monoisotopic (exact) mass is 255 g/mol. The summed E-state index contributed by atoms with van der Waals surface area (Å²) in [5, 5.41) is 17.4. The maximum Gasteiger partial charge on any atom is 0.272 e. The summed E-state index contributed by atoms with van der Waals surface area (Å²) in [5.74, 6) is -0.657. The number of benzene rings is 1. The number of hydrogen-bond acceptors (Lipinski definition) is 4. The molecule has 0 bridgehead atoms. The number of amidine groups is 1. The number of non-ortho nitro benzene ring substituents is 1. The van der Waals surface area contributed by atoms with Gasteiger partial charge in [0.1, 0.15) is 0 Å². The zero-order chi connectivity index (χ0) is 13.5. The largest absolute Gasteiger partial charge is 0.491 e. The van der Waals surface area contributed by atoms with Crippen molar-refractivity contribution < 1.29 is 14.1 Å². The van der Waals surface area contributed by atoms with Gasteiger partial charge in [0.25, 0.3) is 5.69 Å². The number of rotatable bonds is 7. The van der Waals surface area contributed by atoms with Crippen molar-refractivity contribution in [3.8, 4) is 5.75 Å². The van der Waals surface area contributed by atoms with E-state index in [-0.39, 0.29) is 23.9 Å². The molecule has 0 aliphatic heterocycles. The Labute approximate surface area is 103 Å². The van der Waals surface area contributed by atoms with Crippen LogP contribution in [0.4, 0.5) is 10.1 Å². The molecule has 0 aliphatic carbocycles. The number of halogens is 1. The predicted octanol–water partition coefficient (Wildman–Crippen LogP) is 2.22. The van der Waals surface area contributed by atoms with Crippen LogP contribution in [0.2, 0.25) is 0 Å². The first-order valence-electron chi connectivity index (χ1n) is 5.40. The van der Waals surface area contributed by atoms with E-state index < -0.39 is 10.7 Å². The third-order valence-electron chi connectivity index (χ3n) is 2.22. The van der Waals surface area contributed by atoms with E-state index in [0.29, 0.717) is 19.3 Å². The van der Waals surface area contributed by atoms with Crippen molar-refractivity contribution in [2.45, 2.75) is 19.3 Å². The van der Waals surface area contributed by atoms with Crippen LogP contribution in [0.25, 0.3) is 0 Å². The second-order valence-electron chi connectivity index (χ2n) is 3.70. The number of nitro groups is 1. The molecule has 0 aliphatic rings. The van der Waals surface area contributed by atoms with Gasteiger partial charge in [-0.2, -0.15) is 0 Å². The van der Waals surface area contributed by atoms with E-state index in [1.54, 1.807) is 0 Å². The fourth-order valence-electron chi connectivity index (χ4n) is 1.32. The second-order valence-corrected chi connectivity index (χ2v) is 3.70. The van der Waals surface area contributed by atoms with Gasteiger partial charge in [0, 0.05) is 12.5 Å². The highest BCUT2D eigenvalue weighted by Crippen LogP contribution is 2.22. The minimum Gasteiger partial charge on any atom is -0.491 e. The molecule has 0 atom stereocenters. The fraction of sp³-hybridized carbons (Fsp3) is 0.364. The summed E-state index contributed by atoms with van der Waals surface area (Å²) < 4.78 is 18.5. The number of hydrogen-bond donors (Lipinski definition) is 2. The zero-order valence-electron chi connectivity index (χ0n) is 9.69. The molecule has 0 aromatic heterocycles. The summed E-state index contributed by atoms with van der Waals surface area (Å²) in [4.78, 5) is 9.73. The van der Waals surface area contributed by atoms with Crippen molar-refractivity contribution in [1.82, 2.24) is 0 Å². The summed E-state index contributed by atoms with van der Waals surface area (Å²) in [6.45, 7) is 0.280. The molecule has 1 aromatic carbocycles. The molecule has 0 amide bonds. The number of nitrogens with two attached hydrogens (primary N) is 1. The van der Waals surface area contributed by atoms with Crippen molar-refractivity contribution in [2.75, 3.05) is 6.61 Å². The molecule has 6 nitrogen and oxygen atoms in total. The molecular formula is C11H14FN3O3. The number of nitrogens with one attached hydrogen (secondary N) is 1. The average Bonchev–Trinajstić information content (AvgIpc) is 2.29. The zero-order valence-corrected chi connectivity index (χ0v) is 9.69. The summed E-state index contributed by atoms with van der Waals surface area (Å²) in [6.07, 6.45) is 1.80. The van der Waals surface area contributed by atoms with E-state index >= 15 is 0 Å². The predicted molar refractivity (Wildman–Crippen MR) is 64.3 cm³/mol. The molecule has 0 saturated carbocycles. The van der Waals surface area contributed by atoms with Crippen LogP contribution >= 0.6 is 0 Å². The molecule has 1 aromatic rings. The normalized spacial score (nSPS) is 10.1. The molecule has 0 saturated heterocycles. The van der Waals surface area contributed by atoms with Crippen LogP contribution in [-0.2, 0) is 0 Å². The Hall–Kier alpha value is -2.18. The van der Waals surface area contributed by atoms with Crippen LogP contribution in [0.15, 0.2) is 18.2 Å². The van der Waals surface area contributed by atoms with Gasteiger partial charge in [-0.3, -0.25) is 15.5 Å². The lowest BCUT2D eigenvalue weighted by atomic mass is 10.2. The van der Waals surface area contributed by atoms with Crippen LogP contribution in [0.5, 0.6) is 5.75 Å². The van der Waals surface area contributed by atoms with Crippen molar-refractivity contribution in [1.29, 1.82) is 5.41 Å². The van der Waals surface area contributed by atoms with Gasteiger partial charge in [-0.15, -0.1) is 0 Å². The van der Waals surface area contributed by atoms with Crippen LogP contribution in [0.1, 0.15) is 19.3 Å². The van der Waals surface area contributed by atoms with Crippen molar-refractivity contribution in [3.63, 3.8) is 0 Å². The average molecular weight is 255 g/mol. The van der Waals surface area contributed by atoms with E-state index in [9.17, 15) is 14.5 Å². The topological polar surface area (TPSA) is 102 Å². The van der Waals surface area contributed by atoms with E-state index in [4.69, 9.17) is 15.9 Å². The molecule has 0 heterocycles.